The molecule has 0 amide bonds. The van der Waals surface area contributed by atoms with Crippen LogP contribution in [0, 0.1) is 11.6 Å². The van der Waals surface area contributed by atoms with E-state index in [1.165, 1.54) is 6.07 Å². The Balaban J connectivity index is 2.35. The van der Waals surface area contributed by atoms with E-state index in [1.54, 1.807) is 4.90 Å². The van der Waals surface area contributed by atoms with Crippen molar-refractivity contribution in [2.75, 3.05) is 13.1 Å². The lowest BCUT2D eigenvalue weighted by atomic mass is 10.0. The lowest BCUT2D eigenvalue weighted by Crippen LogP contribution is -2.32. The smallest absolute Gasteiger partial charge is 0.325 e. The van der Waals surface area contributed by atoms with Crippen LogP contribution >= 0.6 is 0 Å². The molecule has 0 aromatic heterocycles. The second-order valence-corrected chi connectivity index (χ2v) is 4.15. The number of carboxylic acid groups (broad SMARTS) is 1. The molecule has 1 atom stereocenters. The molecule has 2 rings (SSSR count). The molecule has 1 aromatic rings. The van der Waals surface area contributed by atoms with E-state index in [0.717, 1.165) is 25.0 Å². The number of rotatable bonds is 3. The summed E-state index contributed by atoms with van der Waals surface area (Å²) in [7, 11) is 0. The van der Waals surface area contributed by atoms with Gasteiger partial charge in [-0.05, 0) is 32.0 Å². The van der Waals surface area contributed by atoms with Crippen LogP contribution in [0.5, 0.6) is 0 Å². The second kappa shape index (κ2) is 4.79. The van der Waals surface area contributed by atoms with Gasteiger partial charge in [-0.25, -0.2) is 8.78 Å². The van der Waals surface area contributed by atoms with Gasteiger partial charge in [0.25, 0.3) is 0 Å². The number of hydrogen-bond donors (Lipinski definition) is 1. The zero-order chi connectivity index (χ0) is 12.4. The van der Waals surface area contributed by atoms with Crippen molar-refractivity contribution >= 4 is 5.97 Å². The Morgan fingerprint density at radius 3 is 2.47 bits per heavy atom. The van der Waals surface area contributed by atoms with Crippen molar-refractivity contribution in [2.24, 2.45) is 0 Å². The molecule has 17 heavy (non-hydrogen) atoms. The van der Waals surface area contributed by atoms with Crippen molar-refractivity contribution in [1.82, 2.24) is 4.90 Å². The van der Waals surface area contributed by atoms with Gasteiger partial charge in [-0.2, -0.15) is 0 Å². The summed E-state index contributed by atoms with van der Waals surface area (Å²) in [6, 6.07) is 2.01. The molecular formula is C12H13F2NO2. The molecule has 92 valence electrons. The summed E-state index contributed by atoms with van der Waals surface area (Å²) in [5, 5.41) is 9.18. The van der Waals surface area contributed by atoms with Crippen molar-refractivity contribution in [1.29, 1.82) is 0 Å². The average Bonchev–Trinajstić information content (AvgIpc) is 2.74. The third-order valence-corrected chi connectivity index (χ3v) is 3.00. The monoisotopic (exact) mass is 241 g/mol. The molecule has 1 saturated heterocycles. The van der Waals surface area contributed by atoms with E-state index in [9.17, 15) is 18.7 Å². The van der Waals surface area contributed by atoms with Gasteiger partial charge in [0.2, 0.25) is 0 Å². The standard InChI is InChI=1S/C12H13F2NO2/c13-8-3-4-9(10(14)7-8)11(12(16)17)15-5-1-2-6-15/h3-4,7,11H,1-2,5-6H2,(H,16,17)/t11-/m1/s1. The normalized spacial score (nSPS) is 18.2. The van der Waals surface area contributed by atoms with Gasteiger partial charge in [-0.3, -0.25) is 9.69 Å². The van der Waals surface area contributed by atoms with E-state index in [-0.39, 0.29) is 5.56 Å². The van der Waals surface area contributed by atoms with E-state index in [1.807, 2.05) is 0 Å². The van der Waals surface area contributed by atoms with Crippen LogP contribution in [-0.2, 0) is 4.79 Å². The quantitative estimate of drug-likeness (QED) is 0.881. The number of hydrogen-bond acceptors (Lipinski definition) is 2. The summed E-state index contributed by atoms with van der Waals surface area (Å²) in [6.45, 7) is 1.27. The molecule has 1 aromatic carbocycles. The highest BCUT2D eigenvalue weighted by Crippen LogP contribution is 2.27. The Kier molecular flexibility index (Phi) is 3.38. The van der Waals surface area contributed by atoms with E-state index in [2.05, 4.69) is 0 Å². The molecule has 0 unspecified atom stereocenters. The maximum Gasteiger partial charge on any atom is 0.325 e. The highest BCUT2D eigenvalue weighted by Gasteiger charge is 2.31. The number of benzene rings is 1. The molecule has 0 radical (unpaired) electrons. The van der Waals surface area contributed by atoms with Crippen LogP contribution in [-0.4, -0.2) is 29.1 Å². The molecule has 0 bridgehead atoms. The minimum Gasteiger partial charge on any atom is -0.480 e. The van der Waals surface area contributed by atoms with Crippen molar-refractivity contribution in [2.45, 2.75) is 18.9 Å². The number of halogens is 2. The summed E-state index contributed by atoms with van der Waals surface area (Å²) >= 11 is 0. The number of aliphatic carboxylic acids is 1. The molecule has 1 fully saturated rings. The van der Waals surface area contributed by atoms with Crippen LogP contribution in [0.15, 0.2) is 18.2 Å². The van der Waals surface area contributed by atoms with Crippen molar-refractivity contribution < 1.29 is 18.7 Å². The van der Waals surface area contributed by atoms with Gasteiger partial charge in [-0.1, -0.05) is 6.07 Å². The van der Waals surface area contributed by atoms with E-state index in [4.69, 9.17) is 0 Å². The largest absolute Gasteiger partial charge is 0.480 e. The first kappa shape index (κ1) is 12.0. The summed E-state index contributed by atoms with van der Waals surface area (Å²) < 4.78 is 26.4. The fraction of sp³-hybridized carbons (Fsp3) is 0.417. The van der Waals surface area contributed by atoms with Crippen LogP contribution in [0.2, 0.25) is 0 Å². The molecular weight excluding hydrogens is 228 g/mol. The van der Waals surface area contributed by atoms with Gasteiger partial charge in [0.1, 0.15) is 17.7 Å². The Morgan fingerprint density at radius 1 is 1.29 bits per heavy atom. The highest BCUT2D eigenvalue weighted by molar-refractivity contribution is 5.75. The van der Waals surface area contributed by atoms with Gasteiger partial charge in [0.15, 0.2) is 0 Å². The zero-order valence-corrected chi connectivity index (χ0v) is 9.20. The van der Waals surface area contributed by atoms with Crippen LogP contribution in [0.1, 0.15) is 24.4 Å². The fourth-order valence-electron chi connectivity index (χ4n) is 2.21. The number of likely N-dealkylation sites (tertiary alicyclic amines) is 1. The van der Waals surface area contributed by atoms with E-state index in [0.29, 0.717) is 13.1 Å². The molecule has 1 heterocycles. The maximum absolute atomic E-state index is 13.6. The lowest BCUT2D eigenvalue weighted by molar-refractivity contribution is -0.143. The number of carboxylic acids is 1. The van der Waals surface area contributed by atoms with Gasteiger partial charge in [0, 0.05) is 11.6 Å². The first-order chi connectivity index (χ1) is 8.09. The Bertz CT molecular complexity index is 431. The van der Waals surface area contributed by atoms with Crippen molar-refractivity contribution in [3.05, 3.63) is 35.4 Å². The second-order valence-electron chi connectivity index (χ2n) is 4.15. The van der Waals surface area contributed by atoms with Gasteiger partial charge in [-0.15, -0.1) is 0 Å². The molecule has 0 aliphatic carbocycles. The molecule has 0 spiro atoms. The van der Waals surface area contributed by atoms with E-state index < -0.39 is 23.6 Å². The Labute approximate surface area is 97.7 Å². The van der Waals surface area contributed by atoms with Gasteiger partial charge >= 0.3 is 5.97 Å². The topological polar surface area (TPSA) is 40.5 Å². The third kappa shape index (κ3) is 2.44. The van der Waals surface area contributed by atoms with Crippen LogP contribution in [0.3, 0.4) is 0 Å². The molecule has 3 nitrogen and oxygen atoms in total. The molecule has 1 aliphatic rings. The lowest BCUT2D eigenvalue weighted by Gasteiger charge is -2.24. The fourth-order valence-corrected chi connectivity index (χ4v) is 2.21. The summed E-state index contributed by atoms with van der Waals surface area (Å²) in [4.78, 5) is 12.9. The summed E-state index contributed by atoms with van der Waals surface area (Å²) in [6.07, 6.45) is 1.82. The van der Waals surface area contributed by atoms with Crippen LogP contribution in [0.4, 0.5) is 8.78 Å². The number of nitrogens with zero attached hydrogens (tertiary/aromatic N) is 1. The highest BCUT2D eigenvalue weighted by atomic mass is 19.1. The minimum absolute atomic E-state index is 0.0285. The first-order valence-corrected chi connectivity index (χ1v) is 5.51. The predicted molar refractivity (Wildman–Crippen MR) is 57.5 cm³/mol. The molecule has 5 heteroatoms. The van der Waals surface area contributed by atoms with Gasteiger partial charge < -0.3 is 5.11 Å². The molecule has 1 N–H and O–H groups in total. The number of carbonyl (C=O) groups is 1. The third-order valence-electron chi connectivity index (χ3n) is 3.00. The van der Waals surface area contributed by atoms with Crippen molar-refractivity contribution in [3.63, 3.8) is 0 Å². The zero-order valence-electron chi connectivity index (χ0n) is 9.20. The SMILES string of the molecule is O=C(O)[C@@H](c1ccc(F)cc1F)N1CCCC1. The summed E-state index contributed by atoms with van der Waals surface area (Å²) in [5.41, 5.74) is 0.0285. The average molecular weight is 241 g/mol. The van der Waals surface area contributed by atoms with Crippen LogP contribution < -0.4 is 0 Å². The molecule has 1 aliphatic heterocycles. The minimum atomic E-state index is -1.10. The van der Waals surface area contributed by atoms with Gasteiger partial charge in [0.05, 0.1) is 0 Å². The molecule has 0 saturated carbocycles. The van der Waals surface area contributed by atoms with Crippen LogP contribution in [0.25, 0.3) is 0 Å². The first-order valence-electron chi connectivity index (χ1n) is 5.51. The predicted octanol–water partition coefficient (Wildman–Crippen LogP) is 2.19. The van der Waals surface area contributed by atoms with E-state index >= 15 is 0 Å². The van der Waals surface area contributed by atoms with Crippen molar-refractivity contribution in [3.8, 4) is 0 Å². The maximum atomic E-state index is 13.6. The summed E-state index contributed by atoms with van der Waals surface area (Å²) in [5.74, 6) is -2.60. The Morgan fingerprint density at radius 2 is 1.94 bits per heavy atom. The Hall–Kier alpha value is -1.49.